The van der Waals surface area contributed by atoms with E-state index < -0.39 is 0 Å². The highest BCUT2D eigenvalue weighted by Crippen LogP contribution is 2.23. The summed E-state index contributed by atoms with van der Waals surface area (Å²) in [4.78, 5) is 2.36. The molecule has 0 aromatic carbocycles. The van der Waals surface area contributed by atoms with Gasteiger partial charge in [-0.1, -0.05) is 13.8 Å². The van der Waals surface area contributed by atoms with Crippen molar-refractivity contribution < 1.29 is 0 Å². The molecule has 0 bridgehead atoms. The van der Waals surface area contributed by atoms with Crippen LogP contribution in [0.5, 0.6) is 0 Å². The molecule has 0 radical (unpaired) electrons. The van der Waals surface area contributed by atoms with Gasteiger partial charge in [-0.05, 0) is 42.7 Å². The molecule has 1 heterocycles. The fourth-order valence-corrected chi connectivity index (χ4v) is 2.44. The predicted octanol–water partition coefficient (Wildman–Crippen LogP) is 2.98. The van der Waals surface area contributed by atoms with Crippen LogP contribution < -0.4 is 0 Å². The van der Waals surface area contributed by atoms with Gasteiger partial charge in [0.25, 0.3) is 0 Å². The van der Waals surface area contributed by atoms with Crippen LogP contribution in [0, 0.1) is 0 Å². The molecule has 16 heavy (non-hydrogen) atoms. The molecule has 0 saturated heterocycles. The molecule has 0 saturated carbocycles. The van der Waals surface area contributed by atoms with Crippen LogP contribution in [0.4, 0.5) is 0 Å². The van der Waals surface area contributed by atoms with Crippen LogP contribution in [-0.4, -0.2) is 27.8 Å². The zero-order valence-corrected chi connectivity index (χ0v) is 12.5. The standard InChI is InChI=1S/C12H22BrN3/c1-6-9(3)15(4)8-11-12(13)10(7-2)14-16(11)5/h9H,6-8H2,1-5H3. The van der Waals surface area contributed by atoms with E-state index in [4.69, 9.17) is 0 Å². The Morgan fingerprint density at radius 2 is 2.06 bits per heavy atom. The number of hydrogen-bond acceptors (Lipinski definition) is 2. The molecule has 1 unspecified atom stereocenters. The van der Waals surface area contributed by atoms with Gasteiger partial charge in [0.1, 0.15) is 0 Å². The predicted molar refractivity (Wildman–Crippen MR) is 71.5 cm³/mol. The summed E-state index contributed by atoms with van der Waals surface area (Å²) in [5.74, 6) is 0. The van der Waals surface area contributed by atoms with E-state index in [1.165, 1.54) is 16.6 Å². The Balaban J connectivity index is 2.84. The molecule has 0 aliphatic rings. The summed E-state index contributed by atoms with van der Waals surface area (Å²) in [5.41, 5.74) is 2.41. The first-order valence-electron chi connectivity index (χ1n) is 5.91. The summed E-state index contributed by atoms with van der Waals surface area (Å²) in [7, 11) is 4.18. The van der Waals surface area contributed by atoms with Gasteiger partial charge in [-0.3, -0.25) is 9.58 Å². The molecule has 0 spiro atoms. The van der Waals surface area contributed by atoms with Crippen LogP contribution in [0.25, 0.3) is 0 Å². The van der Waals surface area contributed by atoms with Gasteiger partial charge in [0.05, 0.1) is 15.9 Å². The second-order valence-corrected chi connectivity index (χ2v) is 5.15. The third-order valence-electron chi connectivity index (χ3n) is 3.25. The second kappa shape index (κ2) is 5.82. The second-order valence-electron chi connectivity index (χ2n) is 4.36. The van der Waals surface area contributed by atoms with E-state index in [-0.39, 0.29) is 0 Å². The van der Waals surface area contributed by atoms with Gasteiger partial charge in [0.15, 0.2) is 0 Å². The summed E-state index contributed by atoms with van der Waals surface area (Å²) < 4.78 is 3.16. The van der Waals surface area contributed by atoms with Crippen LogP contribution in [0.2, 0.25) is 0 Å². The molecule has 0 aliphatic carbocycles. The van der Waals surface area contributed by atoms with Crippen LogP contribution in [0.3, 0.4) is 0 Å². The van der Waals surface area contributed by atoms with E-state index in [9.17, 15) is 0 Å². The van der Waals surface area contributed by atoms with Gasteiger partial charge in [-0.25, -0.2) is 0 Å². The largest absolute Gasteiger partial charge is 0.298 e. The summed E-state index contributed by atoms with van der Waals surface area (Å²) in [6, 6.07) is 0.604. The lowest BCUT2D eigenvalue weighted by Crippen LogP contribution is -2.28. The van der Waals surface area contributed by atoms with Crippen molar-refractivity contribution in [3.63, 3.8) is 0 Å². The van der Waals surface area contributed by atoms with Crippen LogP contribution in [0.1, 0.15) is 38.6 Å². The first-order chi connectivity index (χ1) is 7.51. The third-order valence-corrected chi connectivity index (χ3v) is 4.16. The molecule has 1 atom stereocenters. The van der Waals surface area contributed by atoms with Crippen molar-refractivity contribution in [3.8, 4) is 0 Å². The Labute approximate surface area is 107 Å². The van der Waals surface area contributed by atoms with Gasteiger partial charge in [-0.15, -0.1) is 0 Å². The molecule has 3 nitrogen and oxygen atoms in total. The normalized spacial score (nSPS) is 13.4. The molecule has 0 N–H and O–H groups in total. The maximum absolute atomic E-state index is 4.51. The number of halogens is 1. The van der Waals surface area contributed by atoms with Crippen LogP contribution in [-0.2, 0) is 20.0 Å². The summed E-state index contributed by atoms with van der Waals surface area (Å²) in [6.45, 7) is 7.55. The third kappa shape index (κ3) is 2.86. The quantitative estimate of drug-likeness (QED) is 0.830. The highest BCUT2D eigenvalue weighted by atomic mass is 79.9. The summed E-state index contributed by atoms with van der Waals surface area (Å²) >= 11 is 3.65. The van der Waals surface area contributed by atoms with E-state index in [1.807, 2.05) is 11.7 Å². The lowest BCUT2D eigenvalue weighted by Gasteiger charge is -2.23. The smallest absolute Gasteiger partial charge is 0.0767 e. The number of hydrogen-bond donors (Lipinski definition) is 0. The molecule has 92 valence electrons. The highest BCUT2D eigenvalue weighted by Gasteiger charge is 2.16. The molecule has 0 fully saturated rings. The average Bonchev–Trinajstić information content (AvgIpc) is 2.55. The van der Waals surface area contributed by atoms with Crippen molar-refractivity contribution in [3.05, 3.63) is 15.9 Å². The van der Waals surface area contributed by atoms with Crippen molar-refractivity contribution in [2.75, 3.05) is 7.05 Å². The van der Waals surface area contributed by atoms with Crippen LogP contribution >= 0.6 is 15.9 Å². The average molecular weight is 288 g/mol. The molecule has 4 heteroatoms. The Kier molecular flexibility index (Phi) is 4.99. The number of aryl methyl sites for hydroxylation is 2. The molecule has 0 aliphatic heterocycles. The Bertz CT molecular complexity index is 346. The van der Waals surface area contributed by atoms with E-state index in [1.54, 1.807) is 0 Å². The van der Waals surface area contributed by atoms with Gasteiger partial charge >= 0.3 is 0 Å². The minimum atomic E-state index is 0.604. The number of aromatic nitrogens is 2. The van der Waals surface area contributed by atoms with E-state index >= 15 is 0 Å². The van der Waals surface area contributed by atoms with Crippen molar-refractivity contribution in [1.29, 1.82) is 0 Å². The topological polar surface area (TPSA) is 21.1 Å². The molecule has 0 amide bonds. The lowest BCUT2D eigenvalue weighted by molar-refractivity contribution is 0.237. The van der Waals surface area contributed by atoms with E-state index in [0.29, 0.717) is 6.04 Å². The SMILES string of the molecule is CCc1nn(C)c(CN(C)C(C)CC)c1Br. The maximum Gasteiger partial charge on any atom is 0.0767 e. The van der Waals surface area contributed by atoms with Crippen molar-refractivity contribution >= 4 is 15.9 Å². The van der Waals surface area contributed by atoms with Crippen LogP contribution in [0.15, 0.2) is 4.47 Å². The van der Waals surface area contributed by atoms with Gasteiger partial charge in [-0.2, -0.15) is 5.10 Å². The zero-order chi connectivity index (χ0) is 12.3. The minimum Gasteiger partial charge on any atom is -0.298 e. The minimum absolute atomic E-state index is 0.604. The van der Waals surface area contributed by atoms with Gasteiger partial charge < -0.3 is 0 Å². The molecule has 1 aromatic heterocycles. The highest BCUT2D eigenvalue weighted by molar-refractivity contribution is 9.10. The molecule has 1 rings (SSSR count). The molecular formula is C12H22BrN3. The Morgan fingerprint density at radius 1 is 1.44 bits per heavy atom. The first-order valence-corrected chi connectivity index (χ1v) is 6.70. The van der Waals surface area contributed by atoms with Gasteiger partial charge in [0.2, 0.25) is 0 Å². The fraction of sp³-hybridized carbons (Fsp3) is 0.750. The fourth-order valence-electron chi connectivity index (χ4n) is 1.70. The Morgan fingerprint density at radius 3 is 2.50 bits per heavy atom. The number of rotatable bonds is 5. The van der Waals surface area contributed by atoms with E-state index in [0.717, 1.165) is 18.7 Å². The molecular weight excluding hydrogens is 266 g/mol. The molecule has 1 aromatic rings. The van der Waals surface area contributed by atoms with Gasteiger partial charge in [0, 0.05) is 19.6 Å². The summed E-state index contributed by atoms with van der Waals surface area (Å²) in [6.07, 6.45) is 2.15. The monoisotopic (exact) mass is 287 g/mol. The lowest BCUT2D eigenvalue weighted by atomic mass is 10.2. The summed E-state index contributed by atoms with van der Waals surface area (Å²) in [5, 5.41) is 4.51. The van der Waals surface area contributed by atoms with Crippen molar-refractivity contribution in [2.45, 2.75) is 46.2 Å². The first kappa shape index (κ1) is 13.7. The van der Waals surface area contributed by atoms with Crippen molar-refractivity contribution in [1.82, 2.24) is 14.7 Å². The number of nitrogens with zero attached hydrogens (tertiary/aromatic N) is 3. The van der Waals surface area contributed by atoms with Crippen molar-refractivity contribution in [2.24, 2.45) is 7.05 Å². The maximum atomic E-state index is 4.51. The Hall–Kier alpha value is -0.350. The van der Waals surface area contributed by atoms with E-state index in [2.05, 4.69) is 53.7 Å². The zero-order valence-electron chi connectivity index (χ0n) is 10.9.